The van der Waals surface area contributed by atoms with Crippen LogP contribution in [0.25, 0.3) is 11.3 Å². The van der Waals surface area contributed by atoms with Crippen molar-refractivity contribution in [3.63, 3.8) is 0 Å². The zero-order valence-corrected chi connectivity index (χ0v) is 13.6. The molecule has 0 saturated carbocycles. The third-order valence-electron chi connectivity index (χ3n) is 4.85. The summed E-state index contributed by atoms with van der Waals surface area (Å²) in [6.07, 6.45) is 4.78. The van der Waals surface area contributed by atoms with E-state index in [0.717, 1.165) is 42.6 Å². The van der Waals surface area contributed by atoms with Gasteiger partial charge in [-0.2, -0.15) is 0 Å². The molecule has 1 aromatic heterocycles. The van der Waals surface area contributed by atoms with Crippen LogP contribution in [0.1, 0.15) is 24.1 Å². The first kappa shape index (κ1) is 15.3. The Morgan fingerprint density at radius 1 is 1.12 bits per heavy atom. The van der Waals surface area contributed by atoms with E-state index in [0.29, 0.717) is 19.7 Å². The molecule has 1 amide bonds. The second-order valence-electron chi connectivity index (χ2n) is 6.34. The lowest BCUT2D eigenvalue weighted by atomic mass is 10.0. The van der Waals surface area contributed by atoms with Crippen molar-refractivity contribution in [3.05, 3.63) is 47.9 Å². The van der Waals surface area contributed by atoms with Crippen molar-refractivity contribution in [2.75, 3.05) is 19.7 Å². The monoisotopic (exact) mass is 323 g/mol. The Labute approximate surface area is 141 Å². The molecular weight excluding hydrogens is 302 g/mol. The number of aromatic nitrogens is 2. The van der Waals surface area contributed by atoms with Gasteiger partial charge in [0.25, 0.3) is 5.91 Å². The van der Waals surface area contributed by atoms with Crippen molar-refractivity contribution in [3.8, 4) is 11.3 Å². The molecule has 0 N–H and O–H groups in total. The van der Waals surface area contributed by atoms with E-state index in [9.17, 15) is 4.79 Å². The standard InChI is InChI=1S/C19H21N3O2/c23-19(17-7-4-12-24-17)22-10-8-15-16(9-11-22)20-13-21-18(15)14-5-2-1-3-6-14/h1-3,5-6,13,17H,4,7-12H2/t17-/m1/s1. The normalized spacial score (nSPS) is 20.5. The van der Waals surface area contributed by atoms with E-state index in [2.05, 4.69) is 22.1 Å². The lowest BCUT2D eigenvalue weighted by molar-refractivity contribution is -0.140. The highest BCUT2D eigenvalue weighted by Gasteiger charge is 2.30. The molecule has 1 atom stereocenters. The molecule has 2 aliphatic rings. The molecule has 4 rings (SSSR count). The Bertz CT molecular complexity index is 727. The lowest BCUT2D eigenvalue weighted by Gasteiger charge is -2.23. The van der Waals surface area contributed by atoms with Crippen LogP contribution in [0.5, 0.6) is 0 Å². The van der Waals surface area contributed by atoms with Crippen LogP contribution in [0, 0.1) is 0 Å². The van der Waals surface area contributed by atoms with E-state index in [1.54, 1.807) is 6.33 Å². The third-order valence-corrected chi connectivity index (χ3v) is 4.85. The number of hydrogen-bond acceptors (Lipinski definition) is 4. The molecule has 124 valence electrons. The average molecular weight is 323 g/mol. The third kappa shape index (κ3) is 2.91. The predicted octanol–water partition coefficient (Wildman–Crippen LogP) is 2.25. The Morgan fingerprint density at radius 2 is 1.96 bits per heavy atom. The predicted molar refractivity (Wildman–Crippen MR) is 90.4 cm³/mol. The maximum atomic E-state index is 12.6. The van der Waals surface area contributed by atoms with Gasteiger partial charge >= 0.3 is 0 Å². The van der Waals surface area contributed by atoms with Gasteiger partial charge in [0, 0.05) is 42.9 Å². The molecule has 1 fully saturated rings. The molecule has 0 radical (unpaired) electrons. The number of hydrogen-bond donors (Lipinski definition) is 0. The summed E-state index contributed by atoms with van der Waals surface area (Å²) in [4.78, 5) is 23.5. The highest BCUT2D eigenvalue weighted by molar-refractivity contribution is 5.81. The molecular formula is C19H21N3O2. The van der Waals surface area contributed by atoms with Crippen molar-refractivity contribution < 1.29 is 9.53 Å². The molecule has 1 aromatic carbocycles. The van der Waals surface area contributed by atoms with Crippen LogP contribution in [0.15, 0.2) is 36.7 Å². The summed E-state index contributed by atoms with van der Waals surface area (Å²) in [5.41, 5.74) is 4.33. The molecule has 3 heterocycles. The quantitative estimate of drug-likeness (QED) is 0.850. The van der Waals surface area contributed by atoms with Gasteiger partial charge in [0.1, 0.15) is 12.4 Å². The van der Waals surface area contributed by atoms with Gasteiger partial charge in [-0.05, 0) is 19.3 Å². The van der Waals surface area contributed by atoms with Gasteiger partial charge in [0.15, 0.2) is 0 Å². The largest absolute Gasteiger partial charge is 0.368 e. The molecule has 0 bridgehead atoms. The van der Waals surface area contributed by atoms with Crippen LogP contribution in [-0.4, -0.2) is 46.6 Å². The first-order valence-corrected chi connectivity index (χ1v) is 8.61. The maximum Gasteiger partial charge on any atom is 0.251 e. The molecule has 0 unspecified atom stereocenters. The van der Waals surface area contributed by atoms with E-state index in [-0.39, 0.29) is 12.0 Å². The molecule has 5 nitrogen and oxygen atoms in total. The average Bonchev–Trinajstić information content (AvgIpc) is 3.08. The van der Waals surface area contributed by atoms with E-state index in [1.807, 2.05) is 23.1 Å². The van der Waals surface area contributed by atoms with E-state index in [4.69, 9.17) is 4.74 Å². The fourth-order valence-corrected chi connectivity index (χ4v) is 3.57. The zero-order chi connectivity index (χ0) is 16.4. The minimum absolute atomic E-state index is 0.134. The molecule has 24 heavy (non-hydrogen) atoms. The van der Waals surface area contributed by atoms with Gasteiger partial charge in [-0.25, -0.2) is 9.97 Å². The van der Waals surface area contributed by atoms with Crippen molar-refractivity contribution in [2.45, 2.75) is 31.8 Å². The SMILES string of the molecule is O=C([C@H]1CCCO1)N1CCc2ncnc(-c3ccccc3)c2CC1. The first-order valence-electron chi connectivity index (χ1n) is 8.61. The van der Waals surface area contributed by atoms with Gasteiger partial charge in [-0.3, -0.25) is 4.79 Å². The smallest absolute Gasteiger partial charge is 0.251 e. The summed E-state index contributed by atoms with van der Waals surface area (Å²) in [7, 11) is 0. The van der Waals surface area contributed by atoms with E-state index >= 15 is 0 Å². The summed E-state index contributed by atoms with van der Waals surface area (Å²) in [5.74, 6) is 0.134. The summed E-state index contributed by atoms with van der Waals surface area (Å²) < 4.78 is 5.56. The summed E-state index contributed by atoms with van der Waals surface area (Å²) in [6.45, 7) is 2.12. The fourth-order valence-electron chi connectivity index (χ4n) is 3.57. The van der Waals surface area contributed by atoms with Crippen LogP contribution in [0.4, 0.5) is 0 Å². The van der Waals surface area contributed by atoms with Crippen LogP contribution in [0.3, 0.4) is 0 Å². The van der Waals surface area contributed by atoms with Gasteiger partial charge in [0.2, 0.25) is 0 Å². The van der Waals surface area contributed by atoms with Crippen molar-refractivity contribution in [1.29, 1.82) is 0 Å². The molecule has 0 spiro atoms. The second-order valence-corrected chi connectivity index (χ2v) is 6.34. The van der Waals surface area contributed by atoms with Crippen molar-refractivity contribution in [1.82, 2.24) is 14.9 Å². The maximum absolute atomic E-state index is 12.6. The van der Waals surface area contributed by atoms with E-state index < -0.39 is 0 Å². The number of carbonyl (C=O) groups excluding carboxylic acids is 1. The van der Waals surface area contributed by atoms with Crippen molar-refractivity contribution in [2.24, 2.45) is 0 Å². The van der Waals surface area contributed by atoms with Crippen LogP contribution in [-0.2, 0) is 22.4 Å². The Kier molecular flexibility index (Phi) is 4.26. The summed E-state index contributed by atoms with van der Waals surface area (Å²) >= 11 is 0. The summed E-state index contributed by atoms with van der Waals surface area (Å²) in [6, 6.07) is 10.2. The van der Waals surface area contributed by atoms with E-state index in [1.165, 1.54) is 5.56 Å². The fraction of sp³-hybridized carbons (Fsp3) is 0.421. The highest BCUT2D eigenvalue weighted by atomic mass is 16.5. The number of nitrogens with zero attached hydrogens (tertiary/aromatic N) is 3. The van der Waals surface area contributed by atoms with Gasteiger partial charge < -0.3 is 9.64 Å². The van der Waals surface area contributed by atoms with Gasteiger partial charge in [-0.1, -0.05) is 30.3 Å². The number of amides is 1. The number of rotatable bonds is 2. The molecule has 1 saturated heterocycles. The minimum atomic E-state index is -0.245. The minimum Gasteiger partial charge on any atom is -0.368 e. The highest BCUT2D eigenvalue weighted by Crippen LogP contribution is 2.26. The Balaban J connectivity index is 1.58. The number of ether oxygens (including phenoxy) is 1. The topological polar surface area (TPSA) is 55.3 Å². The van der Waals surface area contributed by atoms with Crippen molar-refractivity contribution >= 4 is 5.91 Å². The van der Waals surface area contributed by atoms with Gasteiger partial charge in [0.05, 0.1) is 5.69 Å². The Hall–Kier alpha value is -2.27. The zero-order valence-electron chi connectivity index (χ0n) is 13.6. The first-order chi connectivity index (χ1) is 11.8. The number of fused-ring (bicyclic) bond motifs is 1. The lowest BCUT2D eigenvalue weighted by Crippen LogP contribution is -2.40. The van der Waals surface area contributed by atoms with Crippen LogP contribution >= 0.6 is 0 Å². The molecule has 2 aromatic rings. The van der Waals surface area contributed by atoms with Gasteiger partial charge in [-0.15, -0.1) is 0 Å². The summed E-state index contributed by atoms with van der Waals surface area (Å²) in [5, 5.41) is 0. The molecule has 2 aliphatic heterocycles. The molecule has 0 aliphatic carbocycles. The molecule has 5 heteroatoms. The second kappa shape index (κ2) is 6.69. The number of carbonyl (C=O) groups is 1. The number of benzene rings is 1. The Morgan fingerprint density at radius 3 is 2.75 bits per heavy atom. The van der Waals surface area contributed by atoms with Crippen LogP contribution in [0.2, 0.25) is 0 Å². The van der Waals surface area contributed by atoms with Crippen LogP contribution < -0.4 is 0 Å².